The molecule has 0 spiro atoms. The highest BCUT2D eigenvalue weighted by Crippen LogP contribution is 2.47. The van der Waals surface area contributed by atoms with E-state index in [1.165, 1.54) is 15.4 Å². The fourth-order valence-corrected chi connectivity index (χ4v) is 2.70. The van der Waals surface area contributed by atoms with E-state index in [-0.39, 0.29) is 0 Å². The van der Waals surface area contributed by atoms with Gasteiger partial charge in [0.2, 0.25) is 0 Å². The molecule has 2 aliphatic rings. The van der Waals surface area contributed by atoms with Gasteiger partial charge in [0.15, 0.2) is 0 Å². The van der Waals surface area contributed by atoms with Gasteiger partial charge in [-0.15, -0.1) is 0 Å². The van der Waals surface area contributed by atoms with Crippen molar-refractivity contribution in [3.8, 4) is 0 Å². The van der Waals surface area contributed by atoms with Crippen molar-refractivity contribution in [3.05, 3.63) is 21.1 Å². The number of allylic oxidation sites excluding steroid dienone is 4. The van der Waals surface area contributed by atoms with Crippen molar-refractivity contribution in [1.29, 1.82) is 0 Å². The Morgan fingerprint density at radius 3 is 1.78 bits per heavy atom. The lowest BCUT2D eigenvalue weighted by Gasteiger charge is -2.01. The zero-order valence-corrected chi connectivity index (χ0v) is 7.94. The molecular formula is C7H6Br2. The normalized spacial score (nSPS) is 38.9. The minimum atomic E-state index is 0.685. The molecule has 2 bridgehead atoms. The number of fused-ring (bicyclic) bond motifs is 2. The van der Waals surface area contributed by atoms with Crippen molar-refractivity contribution in [2.75, 3.05) is 0 Å². The van der Waals surface area contributed by atoms with E-state index in [0.29, 0.717) is 11.8 Å². The second-order valence-corrected chi connectivity index (χ2v) is 4.38. The Morgan fingerprint density at radius 2 is 1.56 bits per heavy atom. The van der Waals surface area contributed by atoms with E-state index in [1.54, 1.807) is 0 Å². The molecule has 0 saturated heterocycles. The van der Waals surface area contributed by atoms with Crippen LogP contribution < -0.4 is 0 Å². The molecule has 2 aliphatic carbocycles. The van der Waals surface area contributed by atoms with Crippen LogP contribution in [0.4, 0.5) is 0 Å². The van der Waals surface area contributed by atoms with Crippen LogP contribution in [0.2, 0.25) is 0 Å². The van der Waals surface area contributed by atoms with Crippen LogP contribution in [-0.4, -0.2) is 0 Å². The number of rotatable bonds is 0. The van der Waals surface area contributed by atoms with E-state index in [2.05, 4.69) is 44.0 Å². The summed E-state index contributed by atoms with van der Waals surface area (Å²) in [5, 5.41) is 0. The quantitative estimate of drug-likeness (QED) is 0.619. The highest BCUT2D eigenvalue weighted by Gasteiger charge is 2.31. The van der Waals surface area contributed by atoms with Crippen LogP contribution in [0, 0.1) is 11.8 Å². The SMILES string of the molecule is BrC1=C[C@@H]2C[C@H]1C=C2Br. The van der Waals surface area contributed by atoms with Gasteiger partial charge >= 0.3 is 0 Å². The van der Waals surface area contributed by atoms with Gasteiger partial charge in [0.25, 0.3) is 0 Å². The summed E-state index contributed by atoms with van der Waals surface area (Å²) >= 11 is 7.04. The van der Waals surface area contributed by atoms with Crippen LogP contribution in [0.5, 0.6) is 0 Å². The maximum absolute atomic E-state index is 3.52. The summed E-state index contributed by atoms with van der Waals surface area (Å²) in [5.41, 5.74) is 0. The van der Waals surface area contributed by atoms with Gasteiger partial charge in [-0.25, -0.2) is 0 Å². The smallest absolute Gasteiger partial charge is 0.0101 e. The molecular weight excluding hydrogens is 244 g/mol. The van der Waals surface area contributed by atoms with Crippen molar-refractivity contribution < 1.29 is 0 Å². The third kappa shape index (κ3) is 0.838. The highest BCUT2D eigenvalue weighted by molar-refractivity contribution is 9.12. The van der Waals surface area contributed by atoms with Gasteiger partial charge in [0.05, 0.1) is 0 Å². The van der Waals surface area contributed by atoms with Crippen molar-refractivity contribution >= 4 is 31.9 Å². The zero-order chi connectivity index (χ0) is 6.43. The second kappa shape index (κ2) is 1.96. The van der Waals surface area contributed by atoms with Crippen molar-refractivity contribution in [2.24, 2.45) is 11.8 Å². The van der Waals surface area contributed by atoms with Crippen molar-refractivity contribution in [1.82, 2.24) is 0 Å². The topological polar surface area (TPSA) is 0 Å². The molecule has 48 valence electrons. The number of hydrogen-bond acceptors (Lipinski definition) is 0. The molecule has 0 fully saturated rings. The first-order valence-corrected chi connectivity index (χ1v) is 4.60. The minimum Gasteiger partial charge on any atom is -0.0657 e. The van der Waals surface area contributed by atoms with Gasteiger partial charge in [0.1, 0.15) is 0 Å². The molecule has 0 saturated carbocycles. The van der Waals surface area contributed by atoms with Gasteiger partial charge in [-0.3, -0.25) is 0 Å². The summed E-state index contributed by atoms with van der Waals surface area (Å²) in [6.07, 6.45) is 5.85. The third-order valence-corrected chi connectivity index (χ3v) is 3.64. The Bertz CT molecular complexity index is 181. The van der Waals surface area contributed by atoms with Crippen molar-refractivity contribution in [2.45, 2.75) is 6.42 Å². The van der Waals surface area contributed by atoms with Crippen LogP contribution in [0.15, 0.2) is 21.1 Å². The summed E-state index contributed by atoms with van der Waals surface area (Å²) in [6, 6.07) is 0. The molecule has 0 nitrogen and oxygen atoms in total. The van der Waals surface area contributed by atoms with E-state index < -0.39 is 0 Å². The molecule has 2 atom stereocenters. The predicted octanol–water partition coefficient (Wildman–Crippen LogP) is 3.19. The Kier molecular flexibility index (Phi) is 1.34. The largest absolute Gasteiger partial charge is 0.0657 e. The monoisotopic (exact) mass is 248 g/mol. The summed E-state index contributed by atoms with van der Waals surface area (Å²) in [6.45, 7) is 0. The first kappa shape index (κ1) is 6.17. The fourth-order valence-electron chi connectivity index (χ4n) is 1.43. The van der Waals surface area contributed by atoms with Crippen LogP contribution in [0.1, 0.15) is 6.42 Å². The van der Waals surface area contributed by atoms with E-state index in [0.717, 1.165) is 0 Å². The summed E-state index contributed by atoms with van der Waals surface area (Å²) in [7, 11) is 0. The number of halogens is 2. The average molecular weight is 250 g/mol. The molecule has 0 unspecified atom stereocenters. The minimum absolute atomic E-state index is 0.685. The van der Waals surface area contributed by atoms with Gasteiger partial charge in [-0.2, -0.15) is 0 Å². The molecule has 0 N–H and O–H groups in total. The molecule has 9 heavy (non-hydrogen) atoms. The molecule has 0 aromatic heterocycles. The zero-order valence-electron chi connectivity index (χ0n) is 4.77. The Labute approximate surface area is 71.3 Å². The molecule has 0 aliphatic heterocycles. The molecule has 0 radical (unpaired) electrons. The predicted molar refractivity (Wildman–Crippen MR) is 45.6 cm³/mol. The Morgan fingerprint density at radius 1 is 1.11 bits per heavy atom. The molecule has 2 heteroatoms. The number of hydrogen-bond donors (Lipinski definition) is 0. The van der Waals surface area contributed by atoms with Crippen molar-refractivity contribution in [3.63, 3.8) is 0 Å². The first-order chi connectivity index (χ1) is 4.27. The van der Waals surface area contributed by atoms with E-state index in [9.17, 15) is 0 Å². The molecule has 0 aromatic rings. The molecule has 0 aromatic carbocycles. The van der Waals surface area contributed by atoms with Gasteiger partial charge < -0.3 is 0 Å². The fraction of sp³-hybridized carbons (Fsp3) is 0.429. The maximum atomic E-state index is 3.52. The maximum Gasteiger partial charge on any atom is 0.0101 e. The Balaban J connectivity index is 2.34. The van der Waals surface area contributed by atoms with E-state index in [1.807, 2.05) is 0 Å². The van der Waals surface area contributed by atoms with Gasteiger partial charge in [-0.1, -0.05) is 44.0 Å². The lowest BCUT2D eigenvalue weighted by Crippen LogP contribution is -1.84. The van der Waals surface area contributed by atoms with E-state index in [4.69, 9.17) is 0 Å². The molecule has 0 amide bonds. The summed E-state index contributed by atoms with van der Waals surface area (Å²) in [4.78, 5) is 0. The molecule has 2 rings (SSSR count). The van der Waals surface area contributed by atoms with Crippen LogP contribution in [0.3, 0.4) is 0 Å². The van der Waals surface area contributed by atoms with E-state index >= 15 is 0 Å². The Hall–Kier alpha value is 0.440. The second-order valence-electron chi connectivity index (χ2n) is 2.55. The summed E-state index contributed by atoms with van der Waals surface area (Å²) in [5.74, 6) is 1.37. The van der Waals surface area contributed by atoms with Crippen LogP contribution in [-0.2, 0) is 0 Å². The standard InChI is InChI=1S/C7H6Br2/c8-6-2-4-1-5(6)3-7(4)9/h2-5H,1H2/t4-,5-/m0/s1. The van der Waals surface area contributed by atoms with Crippen LogP contribution in [0.25, 0.3) is 0 Å². The molecule has 0 heterocycles. The third-order valence-electron chi connectivity index (χ3n) is 1.94. The first-order valence-electron chi connectivity index (χ1n) is 3.02. The lowest BCUT2D eigenvalue weighted by molar-refractivity contribution is 0.726. The highest BCUT2D eigenvalue weighted by atomic mass is 79.9. The van der Waals surface area contributed by atoms with Gasteiger partial charge in [-0.05, 0) is 15.4 Å². The average Bonchev–Trinajstić information content (AvgIpc) is 2.24. The van der Waals surface area contributed by atoms with Crippen LogP contribution >= 0.6 is 31.9 Å². The summed E-state index contributed by atoms with van der Waals surface area (Å²) < 4.78 is 2.74. The lowest BCUT2D eigenvalue weighted by atomic mass is 10.2. The van der Waals surface area contributed by atoms with Gasteiger partial charge in [0, 0.05) is 11.8 Å².